The molecule has 0 aliphatic carbocycles. The molecule has 0 spiro atoms. The molecule has 3 aromatic heterocycles. The molecule has 1 amide bonds. The van der Waals surface area contributed by atoms with Crippen molar-refractivity contribution in [1.29, 1.82) is 0 Å². The van der Waals surface area contributed by atoms with E-state index in [2.05, 4.69) is 20.5 Å². The fourth-order valence-electron chi connectivity index (χ4n) is 3.52. The van der Waals surface area contributed by atoms with Gasteiger partial charge in [-0.1, -0.05) is 35.9 Å². The van der Waals surface area contributed by atoms with Crippen molar-refractivity contribution in [3.05, 3.63) is 100 Å². The van der Waals surface area contributed by atoms with Gasteiger partial charge in [0.15, 0.2) is 11.5 Å². The number of carbonyl (C=O) groups is 1. The van der Waals surface area contributed by atoms with Gasteiger partial charge in [0.05, 0.1) is 18.4 Å². The van der Waals surface area contributed by atoms with Gasteiger partial charge in [-0.25, -0.2) is 14.1 Å². The molecule has 11 heteroatoms. The van der Waals surface area contributed by atoms with E-state index in [1.54, 1.807) is 23.0 Å². The monoisotopic (exact) mass is 477 g/mol. The Labute approximate surface area is 197 Å². The summed E-state index contributed by atoms with van der Waals surface area (Å²) in [7, 11) is 0. The second kappa shape index (κ2) is 8.91. The lowest BCUT2D eigenvalue weighted by Crippen LogP contribution is -2.28. The van der Waals surface area contributed by atoms with Gasteiger partial charge >= 0.3 is 0 Å². The van der Waals surface area contributed by atoms with Crippen LogP contribution in [0.2, 0.25) is 5.02 Å². The number of hydrogen-bond donors (Lipinski definition) is 1. The van der Waals surface area contributed by atoms with Gasteiger partial charge in [-0.2, -0.15) is 10.2 Å². The predicted molar refractivity (Wildman–Crippen MR) is 124 cm³/mol. The van der Waals surface area contributed by atoms with Gasteiger partial charge in [0.2, 0.25) is 5.91 Å². The first-order chi connectivity index (χ1) is 16.5. The van der Waals surface area contributed by atoms with Crippen LogP contribution >= 0.6 is 11.6 Å². The van der Waals surface area contributed by atoms with Crippen LogP contribution in [0, 0.1) is 5.82 Å². The van der Waals surface area contributed by atoms with E-state index in [0.717, 1.165) is 5.69 Å². The number of rotatable bonds is 6. The van der Waals surface area contributed by atoms with E-state index in [-0.39, 0.29) is 24.5 Å². The number of nitrogens with one attached hydrogen (secondary N) is 1. The predicted octanol–water partition coefficient (Wildman–Crippen LogP) is 3.26. The van der Waals surface area contributed by atoms with Gasteiger partial charge in [0, 0.05) is 22.8 Å². The molecule has 0 aliphatic heterocycles. The van der Waals surface area contributed by atoms with Crippen molar-refractivity contribution >= 4 is 34.4 Å². The maximum atomic E-state index is 14.0. The number of fused-ring (bicyclic) bond motifs is 1. The molecule has 0 radical (unpaired) electrons. The minimum absolute atomic E-state index is 0.104. The number of carbonyl (C=O) groups excluding carboxylic acids is 1. The smallest absolute Gasteiger partial charge is 0.264 e. The zero-order valence-electron chi connectivity index (χ0n) is 17.6. The molecule has 170 valence electrons. The van der Waals surface area contributed by atoms with E-state index in [9.17, 15) is 14.0 Å². The Bertz CT molecular complexity index is 1540. The topological polar surface area (TPSA) is 99.6 Å². The van der Waals surface area contributed by atoms with Gasteiger partial charge in [0.25, 0.3) is 5.56 Å². The quantitative estimate of drug-likeness (QED) is 0.404. The molecule has 0 aliphatic rings. The molecular weight excluding hydrogens is 461 g/mol. The molecule has 0 saturated carbocycles. The van der Waals surface area contributed by atoms with E-state index in [0.29, 0.717) is 21.6 Å². The van der Waals surface area contributed by atoms with Gasteiger partial charge in [-0.3, -0.25) is 18.8 Å². The highest BCUT2D eigenvalue weighted by molar-refractivity contribution is 6.31. The van der Waals surface area contributed by atoms with Crippen LogP contribution in [0.1, 0.15) is 5.56 Å². The molecule has 0 atom stereocenters. The third-order valence-electron chi connectivity index (χ3n) is 5.16. The molecule has 5 rings (SSSR count). The third-order valence-corrected chi connectivity index (χ3v) is 5.51. The third kappa shape index (κ3) is 4.18. The Kier molecular flexibility index (Phi) is 5.64. The van der Waals surface area contributed by atoms with Crippen LogP contribution < -0.4 is 10.9 Å². The Morgan fingerprint density at radius 1 is 1.09 bits per heavy atom. The number of aromatic nitrogens is 6. The number of halogens is 2. The highest BCUT2D eigenvalue weighted by atomic mass is 35.5. The number of nitrogens with zero attached hydrogens (tertiary/aromatic N) is 6. The normalized spacial score (nSPS) is 11.1. The van der Waals surface area contributed by atoms with E-state index < -0.39 is 11.7 Å². The molecular formula is C23H17ClFN7O2. The van der Waals surface area contributed by atoms with Gasteiger partial charge in [0.1, 0.15) is 24.1 Å². The summed E-state index contributed by atoms with van der Waals surface area (Å²) < 4.78 is 18.2. The van der Waals surface area contributed by atoms with E-state index in [4.69, 9.17) is 11.6 Å². The largest absolute Gasteiger partial charge is 0.308 e. The van der Waals surface area contributed by atoms with Crippen LogP contribution in [-0.2, 0) is 17.9 Å². The number of benzene rings is 2. The summed E-state index contributed by atoms with van der Waals surface area (Å²) in [5.41, 5.74) is 1.08. The van der Waals surface area contributed by atoms with Crippen LogP contribution in [0.15, 0.2) is 78.1 Å². The van der Waals surface area contributed by atoms with Crippen molar-refractivity contribution in [3.8, 4) is 5.69 Å². The first-order valence-corrected chi connectivity index (χ1v) is 10.6. The van der Waals surface area contributed by atoms with Crippen molar-refractivity contribution in [1.82, 2.24) is 29.1 Å². The number of amides is 1. The SMILES string of the molecule is O=C(Cn1cnc2c(cnn2-c2ccccc2)c1=O)Nc1ccn(Cc2c(F)cccc2Cl)n1. The highest BCUT2D eigenvalue weighted by Gasteiger charge is 2.14. The zero-order chi connectivity index (χ0) is 23.7. The van der Waals surface area contributed by atoms with Gasteiger partial charge in [-0.05, 0) is 24.3 Å². The van der Waals surface area contributed by atoms with Crippen LogP contribution in [0.25, 0.3) is 16.7 Å². The number of hydrogen-bond acceptors (Lipinski definition) is 5. The maximum absolute atomic E-state index is 14.0. The van der Waals surface area contributed by atoms with Crippen molar-refractivity contribution in [2.45, 2.75) is 13.1 Å². The van der Waals surface area contributed by atoms with Crippen LogP contribution in [0.4, 0.5) is 10.2 Å². The lowest BCUT2D eigenvalue weighted by molar-refractivity contribution is -0.116. The summed E-state index contributed by atoms with van der Waals surface area (Å²) in [4.78, 5) is 29.7. The van der Waals surface area contributed by atoms with Crippen molar-refractivity contribution in [2.75, 3.05) is 5.32 Å². The van der Waals surface area contributed by atoms with Gasteiger partial charge < -0.3 is 5.32 Å². The lowest BCUT2D eigenvalue weighted by atomic mass is 10.2. The van der Waals surface area contributed by atoms with E-state index in [1.807, 2.05) is 30.3 Å². The van der Waals surface area contributed by atoms with Gasteiger partial charge in [-0.15, -0.1) is 0 Å². The fourth-order valence-corrected chi connectivity index (χ4v) is 3.74. The Morgan fingerprint density at radius 3 is 2.71 bits per heavy atom. The van der Waals surface area contributed by atoms with Crippen molar-refractivity contribution in [3.63, 3.8) is 0 Å². The van der Waals surface area contributed by atoms with Crippen molar-refractivity contribution in [2.24, 2.45) is 0 Å². The minimum Gasteiger partial charge on any atom is -0.308 e. The summed E-state index contributed by atoms with van der Waals surface area (Å²) >= 11 is 6.06. The summed E-state index contributed by atoms with van der Waals surface area (Å²) in [6, 6.07) is 15.3. The summed E-state index contributed by atoms with van der Waals surface area (Å²) in [5.74, 6) is -0.643. The second-order valence-corrected chi connectivity index (χ2v) is 7.86. The molecule has 2 aromatic carbocycles. The number of para-hydroxylation sites is 1. The molecule has 0 bridgehead atoms. The van der Waals surface area contributed by atoms with Crippen LogP contribution in [-0.4, -0.2) is 35.0 Å². The maximum Gasteiger partial charge on any atom is 0.264 e. The fraction of sp³-hybridized carbons (Fsp3) is 0.0870. The summed E-state index contributed by atoms with van der Waals surface area (Å²) in [6.45, 7) is -0.156. The summed E-state index contributed by atoms with van der Waals surface area (Å²) in [5, 5.41) is 11.7. The molecule has 3 heterocycles. The average Bonchev–Trinajstić information content (AvgIpc) is 3.46. The average molecular weight is 478 g/mol. The Morgan fingerprint density at radius 2 is 1.91 bits per heavy atom. The minimum atomic E-state index is -0.465. The standard InChI is InChI=1S/C23H17ClFN7O2/c24-18-7-4-8-19(25)17(18)12-31-10-9-20(29-31)28-21(33)13-30-14-26-22-16(23(30)34)11-27-32(22)15-5-2-1-3-6-15/h1-11,14H,12-13H2,(H,28,29,33). The molecule has 34 heavy (non-hydrogen) atoms. The van der Waals surface area contributed by atoms with E-state index in [1.165, 1.54) is 33.9 Å². The molecule has 0 saturated heterocycles. The summed E-state index contributed by atoms with van der Waals surface area (Å²) in [6.07, 6.45) is 4.34. The Hall–Kier alpha value is -4.31. The van der Waals surface area contributed by atoms with Crippen LogP contribution in [0.3, 0.4) is 0 Å². The molecule has 9 nitrogen and oxygen atoms in total. The van der Waals surface area contributed by atoms with E-state index >= 15 is 0 Å². The highest BCUT2D eigenvalue weighted by Crippen LogP contribution is 2.20. The Balaban J connectivity index is 1.30. The molecule has 1 N–H and O–H groups in total. The lowest BCUT2D eigenvalue weighted by Gasteiger charge is -2.07. The van der Waals surface area contributed by atoms with Crippen LogP contribution in [0.5, 0.6) is 0 Å². The van der Waals surface area contributed by atoms with Crippen molar-refractivity contribution < 1.29 is 9.18 Å². The molecule has 0 fully saturated rings. The first kappa shape index (κ1) is 21.5. The first-order valence-electron chi connectivity index (χ1n) is 10.2. The number of anilines is 1. The zero-order valence-corrected chi connectivity index (χ0v) is 18.4. The second-order valence-electron chi connectivity index (χ2n) is 7.45. The molecule has 0 unspecified atom stereocenters. The molecule has 5 aromatic rings.